The highest BCUT2D eigenvalue weighted by Crippen LogP contribution is 2.42. The van der Waals surface area contributed by atoms with Crippen molar-refractivity contribution in [1.82, 2.24) is 18.7 Å². The molecule has 5 nitrogen and oxygen atoms in total. The van der Waals surface area contributed by atoms with Crippen LogP contribution in [0.4, 0.5) is 0 Å². The van der Waals surface area contributed by atoms with Gasteiger partial charge in [-0.15, -0.1) is 0 Å². The fraction of sp³-hybridized carbons (Fsp3) is 0. The lowest BCUT2D eigenvalue weighted by Crippen LogP contribution is -1.96. The minimum Gasteiger partial charge on any atom is -0.309 e. The topological polar surface area (TPSA) is 51.5 Å². The van der Waals surface area contributed by atoms with Crippen molar-refractivity contribution in [2.75, 3.05) is 0 Å². The summed E-state index contributed by atoms with van der Waals surface area (Å²) in [6, 6.07) is 60.3. The van der Waals surface area contributed by atoms with Crippen LogP contribution in [0.5, 0.6) is 0 Å². The molecule has 53 heavy (non-hydrogen) atoms. The van der Waals surface area contributed by atoms with Crippen molar-refractivity contribution in [1.29, 1.82) is 5.26 Å². The predicted molar refractivity (Wildman–Crippen MR) is 217 cm³/mol. The summed E-state index contributed by atoms with van der Waals surface area (Å²) in [5, 5.41) is 16.7. The number of rotatable bonds is 4. The Bertz CT molecular complexity index is 3300. The van der Waals surface area contributed by atoms with Crippen LogP contribution >= 0.6 is 0 Å². The molecular formula is C48H29N5. The summed E-state index contributed by atoms with van der Waals surface area (Å²) in [5.74, 6) is 0. The Morgan fingerprint density at radius 2 is 1.02 bits per heavy atom. The fourth-order valence-corrected chi connectivity index (χ4v) is 8.50. The third-order valence-electron chi connectivity index (χ3n) is 10.7. The normalized spacial score (nSPS) is 11.8. The van der Waals surface area contributed by atoms with Gasteiger partial charge in [0.05, 0.1) is 50.9 Å². The molecule has 0 radical (unpaired) electrons. The van der Waals surface area contributed by atoms with Crippen molar-refractivity contribution >= 4 is 65.4 Å². The van der Waals surface area contributed by atoms with E-state index in [2.05, 4.69) is 176 Å². The summed E-state index contributed by atoms with van der Waals surface area (Å²) >= 11 is 0. The average Bonchev–Trinajstić information content (AvgIpc) is 3.87. The van der Waals surface area contributed by atoms with E-state index < -0.39 is 0 Å². The lowest BCUT2D eigenvalue weighted by Gasteiger charge is -2.13. The Morgan fingerprint density at radius 1 is 0.415 bits per heavy atom. The molecule has 7 aromatic carbocycles. The maximum Gasteiger partial charge on any atom is 0.0991 e. The standard InChI is InChI=1S/C48H29N5/c49-29-31-20-22-44-41(26-31)38-17-5-6-18-42(38)51(44)35-14-8-10-32(27-35)33-11-9-15-36(28-33)52-45-23-21-39-37-16-4-7-19-43(37)53(34-12-2-1-3-13-34)48(39)47(45)40-24-25-50-30-46(40)52/h1-28,30H. The summed E-state index contributed by atoms with van der Waals surface area (Å²) in [5.41, 5.74) is 12.9. The molecular weight excluding hydrogens is 647 g/mol. The molecule has 0 spiro atoms. The highest BCUT2D eigenvalue weighted by molar-refractivity contribution is 6.26. The molecule has 0 fully saturated rings. The fourth-order valence-electron chi connectivity index (χ4n) is 8.50. The van der Waals surface area contributed by atoms with Crippen LogP contribution in [0, 0.1) is 11.3 Å². The Morgan fingerprint density at radius 3 is 1.75 bits per heavy atom. The van der Waals surface area contributed by atoms with E-state index in [4.69, 9.17) is 0 Å². The van der Waals surface area contributed by atoms with Gasteiger partial charge in [-0.25, -0.2) is 0 Å². The van der Waals surface area contributed by atoms with Gasteiger partial charge in [0.1, 0.15) is 0 Å². The number of aromatic nitrogens is 4. The third-order valence-corrected chi connectivity index (χ3v) is 10.7. The highest BCUT2D eigenvalue weighted by atomic mass is 15.0. The van der Waals surface area contributed by atoms with E-state index in [1.54, 1.807) is 0 Å². The van der Waals surface area contributed by atoms with Crippen molar-refractivity contribution in [3.05, 3.63) is 182 Å². The van der Waals surface area contributed by atoms with Gasteiger partial charge in [0.2, 0.25) is 0 Å². The molecule has 0 aliphatic carbocycles. The number of pyridine rings is 1. The van der Waals surface area contributed by atoms with E-state index in [1.165, 1.54) is 32.6 Å². The van der Waals surface area contributed by atoms with Crippen molar-refractivity contribution in [3.8, 4) is 34.3 Å². The van der Waals surface area contributed by atoms with E-state index in [1.807, 2.05) is 24.5 Å². The number of fused-ring (bicyclic) bond motifs is 10. The molecule has 11 rings (SSSR count). The molecule has 0 aliphatic heterocycles. The first-order valence-corrected chi connectivity index (χ1v) is 17.8. The van der Waals surface area contributed by atoms with Crippen LogP contribution in [0.1, 0.15) is 5.56 Å². The molecule has 0 saturated heterocycles. The first kappa shape index (κ1) is 29.3. The molecule has 5 heteroatoms. The van der Waals surface area contributed by atoms with E-state index in [0.717, 1.165) is 61.0 Å². The highest BCUT2D eigenvalue weighted by Gasteiger charge is 2.21. The molecule has 0 amide bonds. The maximum absolute atomic E-state index is 9.64. The molecule has 0 atom stereocenters. The number of nitriles is 1. The summed E-state index contributed by atoms with van der Waals surface area (Å²) in [4.78, 5) is 4.63. The van der Waals surface area contributed by atoms with Gasteiger partial charge in [-0.3, -0.25) is 4.98 Å². The van der Waals surface area contributed by atoms with Gasteiger partial charge in [0.15, 0.2) is 0 Å². The number of benzene rings is 7. The number of hydrogen-bond donors (Lipinski definition) is 0. The zero-order valence-corrected chi connectivity index (χ0v) is 28.5. The van der Waals surface area contributed by atoms with Gasteiger partial charge >= 0.3 is 0 Å². The molecule has 0 unspecified atom stereocenters. The van der Waals surface area contributed by atoms with Crippen molar-refractivity contribution in [2.24, 2.45) is 0 Å². The number of para-hydroxylation sites is 3. The van der Waals surface area contributed by atoms with Crippen molar-refractivity contribution < 1.29 is 0 Å². The largest absolute Gasteiger partial charge is 0.309 e. The van der Waals surface area contributed by atoms with Gasteiger partial charge in [0.25, 0.3) is 0 Å². The molecule has 0 N–H and O–H groups in total. The zero-order chi connectivity index (χ0) is 35.0. The first-order valence-electron chi connectivity index (χ1n) is 17.8. The van der Waals surface area contributed by atoms with E-state index in [0.29, 0.717) is 5.56 Å². The summed E-state index contributed by atoms with van der Waals surface area (Å²) < 4.78 is 7.07. The SMILES string of the molecule is N#Cc1ccc2c(c1)c1ccccc1n2-c1cccc(-c2cccc(-n3c4cnccc4c4c3ccc3c5ccccc5n(-c5ccccc5)c34)c2)c1. The Balaban J connectivity index is 1.13. The second-order valence-electron chi connectivity index (χ2n) is 13.6. The third kappa shape index (κ3) is 4.27. The average molecular weight is 676 g/mol. The van der Waals surface area contributed by atoms with E-state index in [9.17, 15) is 5.26 Å². The maximum atomic E-state index is 9.64. The first-order chi connectivity index (χ1) is 26.3. The lowest BCUT2D eigenvalue weighted by molar-refractivity contribution is 1.16. The van der Waals surface area contributed by atoms with Crippen molar-refractivity contribution in [2.45, 2.75) is 0 Å². The minimum absolute atomic E-state index is 0.661. The quantitative estimate of drug-likeness (QED) is 0.186. The predicted octanol–water partition coefficient (Wildman–Crippen LogP) is 11.9. The Kier molecular flexibility index (Phi) is 6.25. The van der Waals surface area contributed by atoms with Crippen LogP contribution in [0.25, 0.3) is 93.6 Å². The Labute approximate surface area is 304 Å². The molecule has 4 aromatic heterocycles. The molecule has 0 bridgehead atoms. The molecule has 11 aromatic rings. The van der Waals surface area contributed by atoms with Crippen molar-refractivity contribution in [3.63, 3.8) is 0 Å². The number of nitrogens with zero attached hydrogens (tertiary/aromatic N) is 5. The van der Waals surface area contributed by atoms with E-state index >= 15 is 0 Å². The van der Waals surface area contributed by atoms with Crippen LogP contribution in [0.3, 0.4) is 0 Å². The summed E-state index contributed by atoms with van der Waals surface area (Å²) in [6.45, 7) is 0. The van der Waals surface area contributed by atoms with Gasteiger partial charge in [0, 0.05) is 55.6 Å². The van der Waals surface area contributed by atoms with Gasteiger partial charge in [-0.05, 0) is 90.0 Å². The molecule has 0 saturated carbocycles. The summed E-state index contributed by atoms with van der Waals surface area (Å²) in [6.07, 6.45) is 3.89. The molecule has 0 aliphatic rings. The van der Waals surface area contributed by atoms with E-state index in [-0.39, 0.29) is 0 Å². The van der Waals surface area contributed by atoms with Gasteiger partial charge in [-0.1, -0.05) is 84.9 Å². The van der Waals surface area contributed by atoms with Crippen LogP contribution in [-0.2, 0) is 0 Å². The van der Waals surface area contributed by atoms with Crippen LogP contribution in [-0.4, -0.2) is 18.7 Å². The zero-order valence-electron chi connectivity index (χ0n) is 28.5. The second kappa shape index (κ2) is 11.3. The van der Waals surface area contributed by atoms with Gasteiger partial charge in [-0.2, -0.15) is 5.26 Å². The monoisotopic (exact) mass is 675 g/mol. The minimum atomic E-state index is 0.661. The van der Waals surface area contributed by atoms with Gasteiger partial charge < -0.3 is 13.7 Å². The van der Waals surface area contributed by atoms with Crippen LogP contribution in [0.2, 0.25) is 0 Å². The van der Waals surface area contributed by atoms with Crippen LogP contribution in [0.15, 0.2) is 176 Å². The second-order valence-corrected chi connectivity index (χ2v) is 13.6. The Hall–Kier alpha value is -7.42. The lowest BCUT2D eigenvalue weighted by atomic mass is 10.0. The van der Waals surface area contributed by atoms with Crippen LogP contribution < -0.4 is 0 Å². The number of hydrogen-bond acceptors (Lipinski definition) is 2. The molecule has 246 valence electrons. The summed E-state index contributed by atoms with van der Waals surface area (Å²) in [7, 11) is 0. The smallest absolute Gasteiger partial charge is 0.0991 e. The molecule has 4 heterocycles.